The summed E-state index contributed by atoms with van der Waals surface area (Å²) in [6.45, 7) is 3.08. The Kier molecular flexibility index (Phi) is 7.60. The first-order valence-electron chi connectivity index (χ1n) is 12.9. The van der Waals surface area contributed by atoms with Crippen LogP contribution in [0, 0.1) is 0 Å². The monoisotopic (exact) mass is 509 g/mol. The number of nitrogens with zero attached hydrogens (tertiary/aromatic N) is 4. The molecule has 1 amide bonds. The Hall–Kier alpha value is -4.30. The van der Waals surface area contributed by atoms with Gasteiger partial charge in [0.25, 0.3) is 0 Å². The van der Waals surface area contributed by atoms with Crippen LogP contribution in [0.3, 0.4) is 0 Å². The minimum Gasteiger partial charge on any atom is -0.497 e. The number of carbonyl (C=O) groups excluding carboxylic acids is 2. The standard InChI is InChI=1S/C30H31N5O3/c1-3-4-13-27(36)35(23-9-6-5-7-10-23)30-32-19-22-18-31-20-34(29(22)33-30)26-12-8-11-25(28(26)37)21-14-16-24(38-2)17-15-21/h5-12,14-17,19,26,31H,3-4,13,18,20H2,1-2H3. The number of amides is 1. The van der Waals surface area contributed by atoms with Gasteiger partial charge in [0.05, 0.1) is 19.5 Å². The lowest BCUT2D eigenvalue weighted by molar-refractivity contribution is -0.118. The number of para-hydroxylation sites is 1. The van der Waals surface area contributed by atoms with Crippen molar-refractivity contribution in [3.63, 3.8) is 0 Å². The van der Waals surface area contributed by atoms with Crippen LogP contribution < -0.4 is 19.9 Å². The van der Waals surface area contributed by atoms with E-state index in [9.17, 15) is 9.59 Å². The van der Waals surface area contributed by atoms with Crippen LogP contribution in [0.2, 0.25) is 0 Å². The minimum atomic E-state index is -0.549. The van der Waals surface area contributed by atoms with Crippen LogP contribution in [0.25, 0.3) is 5.57 Å². The molecule has 38 heavy (non-hydrogen) atoms. The summed E-state index contributed by atoms with van der Waals surface area (Å²) in [4.78, 5) is 40.0. The van der Waals surface area contributed by atoms with Crippen LogP contribution >= 0.6 is 0 Å². The summed E-state index contributed by atoms with van der Waals surface area (Å²) in [5, 5.41) is 3.35. The topological polar surface area (TPSA) is 87.7 Å². The van der Waals surface area contributed by atoms with E-state index in [0.717, 1.165) is 29.7 Å². The molecule has 1 aliphatic heterocycles. The summed E-state index contributed by atoms with van der Waals surface area (Å²) in [6, 6.07) is 16.4. The molecule has 1 N–H and O–H groups in total. The Morgan fingerprint density at radius 2 is 1.95 bits per heavy atom. The highest BCUT2D eigenvalue weighted by molar-refractivity contribution is 6.26. The van der Waals surface area contributed by atoms with E-state index in [1.54, 1.807) is 18.2 Å². The predicted octanol–water partition coefficient (Wildman–Crippen LogP) is 4.80. The molecule has 5 rings (SSSR count). The Labute approximate surface area is 222 Å². The van der Waals surface area contributed by atoms with E-state index < -0.39 is 6.04 Å². The van der Waals surface area contributed by atoms with Gasteiger partial charge in [-0.3, -0.25) is 14.9 Å². The second-order valence-electron chi connectivity index (χ2n) is 9.24. The predicted molar refractivity (Wildman–Crippen MR) is 148 cm³/mol. The fourth-order valence-corrected chi connectivity index (χ4v) is 4.71. The molecule has 2 heterocycles. The van der Waals surface area contributed by atoms with Crippen molar-refractivity contribution in [2.45, 2.75) is 38.8 Å². The molecule has 0 radical (unpaired) electrons. The number of carbonyl (C=O) groups is 2. The summed E-state index contributed by atoms with van der Waals surface area (Å²) in [6.07, 6.45) is 9.48. The number of allylic oxidation sites excluding steroid dienone is 2. The number of hydrogen-bond acceptors (Lipinski definition) is 7. The number of unbranched alkanes of at least 4 members (excludes halogenated alkanes) is 1. The number of fused-ring (bicyclic) bond motifs is 1. The van der Waals surface area contributed by atoms with Crippen molar-refractivity contribution in [3.8, 4) is 5.75 Å². The number of methoxy groups -OCH3 is 1. The molecule has 0 fully saturated rings. The van der Waals surface area contributed by atoms with Crippen LogP contribution in [0.15, 0.2) is 79.0 Å². The first kappa shape index (κ1) is 25.4. The molecular weight excluding hydrogens is 478 g/mol. The molecule has 8 heteroatoms. The van der Waals surface area contributed by atoms with Crippen molar-refractivity contribution in [2.24, 2.45) is 0 Å². The van der Waals surface area contributed by atoms with E-state index in [-0.39, 0.29) is 11.7 Å². The Morgan fingerprint density at radius 3 is 2.68 bits per heavy atom. The smallest absolute Gasteiger partial charge is 0.238 e. The number of Topliss-reactive ketones (excluding diaryl/α,β-unsaturated/α-hetero) is 1. The zero-order chi connectivity index (χ0) is 26.5. The molecule has 3 aromatic rings. The van der Waals surface area contributed by atoms with Crippen molar-refractivity contribution < 1.29 is 14.3 Å². The van der Waals surface area contributed by atoms with E-state index in [4.69, 9.17) is 9.72 Å². The number of ether oxygens (including phenoxy) is 1. The molecule has 8 nitrogen and oxygen atoms in total. The SMILES string of the molecule is CCCCC(=O)N(c1ccccc1)c1ncc2c(n1)N(C1C=CC=C(c3ccc(OC)cc3)C1=O)CNC2. The summed E-state index contributed by atoms with van der Waals surface area (Å²) < 4.78 is 5.26. The molecule has 0 spiro atoms. The number of aromatic nitrogens is 2. The highest BCUT2D eigenvalue weighted by atomic mass is 16.5. The van der Waals surface area contributed by atoms with Gasteiger partial charge in [0.1, 0.15) is 17.6 Å². The molecule has 1 aromatic heterocycles. The van der Waals surface area contributed by atoms with Gasteiger partial charge in [-0.2, -0.15) is 4.98 Å². The van der Waals surface area contributed by atoms with Crippen molar-refractivity contribution >= 4 is 34.7 Å². The quantitative estimate of drug-likeness (QED) is 0.467. The average molecular weight is 510 g/mol. The summed E-state index contributed by atoms with van der Waals surface area (Å²) in [5.41, 5.74) is 3.04. The van der Waals surface area contributed by atoms with Gasteiger partial charge in [-0.15, -0.1) is 0 Å². The van der Waals surface area contributed by atoms with Gasteiger partial charge < -0.3 is 9.64 Å². The van der Waals surface area contributed by atoms with E-state index in [1.807, 2.05) is 77.7 Å². The second kappa shape index (κ2) is 11.4. The Balaban J connectivity index is 1.48. The third-order valence-electron chi connectivity index (χ3n) is 6.73. The maximum atomic E-state index is 13.7. The van der Waals surface area contributed by atoms with Crippen molar-refractivity contribution in [3.05, 3.63) is 90.1 Å². The fraction of sp³-hybridized carbons (Fsp3) is 0.267. The van der Waals surface area contributed by atoms with Crippen molar-refractivity contribution in [1.29, 1.82) is 0 Å². The number of anilines is 3. The summed E-state index contributed by atoms with van der Waals surface area (Å²) >= 11 is 0. The van der Waals surface area contributed by atoms with Gasteiger partial charge in [0.15, 0.2) is 5.78 Å². The van der Waals surface area contributed by atoms with Gasteiger partial charge in [-0.05, 0) is 36.2 Å². The maximum absolute atomic E-state index is 13.7. The molecule has 194 valence electrons. The van der Waals surface area contributed by atoms with Crippen LogP contribution in [0.4, 0.5) is 17.5 Å². The molecular formula is C30H31N5O3. The third-order valence-corrected chi connectivity index (χ3v) is 6.73. The van der Waals surface area contributed by atoms with Gasteiger partial charge in [-0.1, -0.05) is 61.9 Å². The molecule has 0 bridgehead atoms. The van der Waals surface area contributed by atoms with E-state index in [1.165, 1.54) is 0 Å². The first-order valence-corrected chi connectivity index (χ1v) is 12.9. The number of benzene rings is 2. The van der Waals surface area contributed by atoms with Crippen LogP contribution in [-0.4, -0.2) is 41.5 Å². The lowest BCUT2D eigenvalue weighted by atomic mass is 9.92. The number of hydrogen-bond donors (Lipinski definition) is 1. The summed E-state index contributed by atoms with van der Waals surface area (Å²) in [5.74, 6) is 1.61. The largest absolute Gasteiger partial charge is 0.497 e. The number of rotatable bonds is 8. The fourth-order valence-electron chi connectivity index (χ4n) is 4.71. The van der Waals surface area contributed by atoms with Crippen molar-refractivity contribution in [1.82, 2.24) is 15.3 Å². The van der Waals surface area contributed by atoms with Crippen molar-refractivity contribution in [2.75, 3.05) is 23.6 Å². The van der Waals surface area contributed by atoms with E-state index in [2.05, 4.69) is 17.2 Å². The lowest BCUT2D eigenvalue weighted by Crippen LogP contribution is -2.49. The zero-order valence-electron chi connectivity index (χ0n) is 21.6. The van der Waals surface area contributed by atoms with Crippen LogP contribution in [0.5, 0.6) is 5.75 Å². The number of ketones is 1. The molecule has 1 aliphatic carbocycles. The second-order valence-corrected chi connectivity index (χ2v) is 9.24. The van der Waals surface area contributed by atoms with Crippen LogP contribution in [-0.2, 0) is 16.1 Å². The van der Waals surface area contributed by atoms with E-state index in [0.29, 0.717) is 42.7 Å². The van der Waals surface area contributed by atoms with Gasteiger partial charge >= 0.3 is 0 Å². The highest BCUT2D eigenvalue weighted by Crippen LogP contribution is 2.32. The molecule has 1 atom stereocenters. The van der Waals surface area contributed by atoms with Gasteiger partial charge in [0.2, 0.25) is 11.9 Å². The van der Waals surface area contributed by atoms with Gasteiger partial charge in [-0.25, -0.2) is 9.88 Å². The first-order chi connectivity index (χ1) is 18.6. The lowest BCUT2D eigenvalue weighted by Gasteiger charge is -2.36. The molecule has 2 aromatic carbocycles. The maximum Gasteiger partial charge on any atom is 0.238 e. The average Bonchev–Trinajstić information content (AvgIpc) is 2.97. The van der Waals surface area contributed by atoms with E-state index >= 15 is 0 Å². The molecule has 0 saturated carbocycles. The third kappa shape index (κ3) is 5.08. The molecule has 0 saturated heterocycles. The summed E-state index contributed by atoms with van der Waals surface area (Å²) in [7, 11) is 1.62. The Bertz CT molecular complexity index is 1370. The minimum absolute atomic E-state index is 0.0218. The molecule has 1 unspecified atom stereocenters. The van der Waals surface area contributed by atoms with Crippen LogP contribution in [0.1, 0.15) is 37.3 Å². The number of nitrogens with one attached hydrogen (secondary N) is 1. The highest BCUT2D eigenvalue weighted by Gasteiger charge is 2.33. The zero-order valence-corrected chi connectivity index (χ0v) is 21.6. The van der Waals surface area contributed by atoms with Gasteiger partial charge in [0, 0.05) is 30.3 Å². The normalized spacial score (nSPS) is 16.6. The Morgan fingerprint density at radius 1 is 1.16 bits per heavy atom. The molecule has 2 aliphatic rings.